The van der Waals surface area contributed by atoms with Crippen molar-refractivity contribution in [3.8, 4) is 6.01 Å². The highest BCUT2D eigenvalue weighted by atomic mass is 32.1. The summed E-state index contributed by atoms with van der Waals surface area (Å²) in [6, 6.07) is 2.13. The first-order valence-corrected chi connectivity index (χ1v) is 7.18. The molecule has 0 radical (unpaired) electrons. The molecule has 0 aliphatic rings. The van der Waals surface area contributed by atoms with Crippen LogP contribution < -0.4 is 15.4 Å². The summed E-state index contributed by atoms with van der Waals surface area (Å²) in [7, 11) is 1.72. The van der Waals surface area contributed by atoms with Crippen LogP contribution in [0.25, 0.3) is 0 Å². The van der Waals surface area contributed by atoms with Crippen LogP contribution in [0.1, 0.15) is 18.6 Å². The Hall–Kier alpha value is -1.93. The predicted molar refractivity (Wildman–Crippen MR) is 78.3 cm³/mol. The summed E-state index contributed by atoms with van der Waals surface area (Å²) < 4.78 is 5.27. The van der Waals surface area contributed by atoms with E-state index in [2.05, 4.69) is 25.6 Å². The third-order valence-corrected chi connectivity index (χ3v) is 3.19. The van der Waals surface area contributed by atoms with E-state index in [-0.39, 0.29) is 6.01 Å². The summed E-state index contributed by atoms with van der Waals surface area (Å²) in [4.78, 5) is 12.3. The maximum atomic E-state index is 10.00. The number of hydrogen-bond donors (Lipinski definition) is 3. The number of anilines is 2. The van der Waals surface area contributed by atoms with Crippen molar-refractivity contribution in [2.75, 3.05) is 30.8 Å². The first-order valence-electron chi connectivity index (χ1n) is 6.23. The van der Waals surface area contributed by atoms with Gasteiger partial charge < -0.3 is 20.5 Å². The first-order chi connectivity index (χ1) is 9.72. The molecule has 0 spiro atoms. The molecule has 0 aliphatic carbocycles. The molecule has 2 aromatic rings. The fourth-order valence-corrected chi connectivity index (χ4v) is 2.22. The number of nitrogens with one attached hydrogen (secondary N) is 2. The van der Waals surface area contributed by atoms with Crippen molar-refractivity contribution in [1.82, 2.24) is 15.0 Å². The van der Waals surface area contributed by atoms with Crippen molar-refractivity contribution in [2.24, 2.45) is 0 Å². The van der Waals surface area contributed by atoms with Crippen LogP contribution in [0.4, 0.5) is 11.9 Å². The summed E-state index contributed by atoms with van der Waals surface area (Å²) in [5.74, 6) is 0.776. The Morgan fingerprint density at radius 2 is 2.15 bits per heavy atom. The minimum Gasteiger partial charge on any atom is -0.464 e. The van der Waals surface area contributed by atoms with Gasteiger partial charge in [-0.3, -0.25) is 0 Å². The molecular weight excluding hydrogens is 278 g/mol. The number of nitrogens with zero attached hydrogens (tertiary/aromatic N) is 3. The van der Waals surface area contributed by atoms with Crippen molar-refractivity contribution in [3.63, 3.8) is 0 Å². The first kappa shape index (κ1) is 14.5. The molecule has 0 saturated heterocycles. The SMILES string of the molecule is CCOc1nc(NC)nc(NCC(O)c2ccsc2)n1. The summed E-state index contributed by atoms with van der Waals surface area (Å²) in [5.41, 5.74) is 0.871. The van der Waals surface area contributed by atoms with Crippen LogP contribution in [0.5, 0.6) is 6.01 Å². The quantitative estimate of drug-likeness (QED) is 0.713. The Morgan fingerprint density at radius 3 is 2.80 bits per heavy atom. The molecule has 2 rings (SSSR count). The minimum absolute atomic E-state index is 0.249. The second-order valence-corrected chi connectivity index (χ2v) is 4.68. The zero-order valence-corrected chi connectivity index (χ0v) is 12.1. The molecule has 1 unspecified atom stereocenters. The average Bonchev–Trinajstić information content (AvgIpc) is 2.99. The minimum atomic E-state index is -0.605. The Bertz CT molecular complexity index is 535. The molecular formula is C12H17N5O2S. The van der Waals surface area contributed by atoms with Crippen molar-refractivity contribution in [2.45, 2.75) is 13.0 Å². The van der Waals surface area contributed by atoms with E-state index in [1.807, 2.05) is 23.8 Å². The third kappa shape index (κ3) is 3.78. The second kappa shape index (κ2) is 7.01. The molecule has 0 saturated carbocycles. The monoisotopic (exact) mass is 295 g/mol. The fraction of sp³-hybridized carbons (Fsp3) is 0.417. The molecule has 3 N–H and O–H groups in total. The summed E-state index contributed by atoms with van der Waals surface area (Å²) in [5, 5.41) is 19.6. The van der Waals surface area contributed by atoms with Gasteiger partial charge in [-0.15, -0.1) is 0 Å². The normalized spacial score (nSPS) is 11.9. The van der Waals surface area contributed by atoms with Crippen molar-refractivity contribution in [3.05, 3.63) is 22.4 Å². The molecule has 0 aromatic carbocycles. The molecule has 108 valence electrons. The summed E-state index contributed by atoms with van der Waals surface area (Å²) in [6.07, 6.45) is -0.605. The van der Waals surface area contributed by atoms with Gasteiger partial charge in [0.2, 0.25) is 11.9 Å². The third-order valence-electron chi connectivity index (χ3n) is 2.49. The molecule has 0 fully saturated rings. The Balaban J connectivity index is 2.02. The van der Waals surface area contributed by atoms with Crippen LogP contribution in [0.3, 0.4) is 0 Å². The van der Waals surface area contributed by atoms with E-state index < -0.39 is 6.10 Å². The molecule has 2 aromatic heterocycles. The van der Waals surface area contributed by atoms with E-state index in [1.54, 1.807) is 18.4 Å². The second-order valence-electron chi connectivity index (χ2n) is 3.90. The predicted octanol–water partition coefficient (Wildman–Crippen LogP) is 1.52. The smallest absolute Gasteiger partial charge is 0.323 e. The Labute approximate surface area is 121 Å². The van der Waals surface area contributed by atoms with Crippen LogP contribution in [0, 0.1) is 0 Å². The van der Waals surface area contributed by atoms with Crippen molar-refractivity contribution >= 4 is 23.2 Å². The van der Waals surface area contributed by atoms with Crippen LogP contribution in [0.2, 0.25) is 0 Å². The van der Waals surface area contributed by atoms with E-state index in [0.29, 0.717) is 25.0 Å². The molecule has 0 amide bonds. The van der Waals surface area contributed by atoms with Gasteiger partial charge in [-0.25, -0.2) is 0 Å². The number of ether oxygens (including phenoxy) is 1. The zero-order chi connectivity index (χ0) is 14.4. The number of aromatic nitrogens is 3. The van der Waals surface area contributed by atoms with E-state index in [0.717, 1.165) is 5.56 Å². The van der Waals surface area contributed by atoms with Crippen LogP contribution in [-0.4, -0.2) is 40.3 Å². The largest absolute Gasteiger partial charge is 0.464 e. The number of rotatable bonds is 7. The molecule has 0 aliphatic heterocycles. The summed E-state index contributed by atoms with van der Waals surface area (Å²) >= 11 is 1.55. The molecule has 20 heavy (non-hydrogen) atoms. The Kier molecular flexibility index (Phi) is 5.08. The topological polar surface area (TPSA) is 92.2 Å². The van der Waals surface area contributed by atoms with Crippen molar-refractivity contribution in [1.29, 1.82) is 0 Å². The van der Waals surface area contributed by atoms with Gasteiger partial charge in [-0.2, -0.15) is 26.3 Å². The fourth-order valence-electron chi connectivity index (χ4n) is 1.51. The van der Waals surface area contributed by atoms with Gasteiger partial charge in [-0.05, 0) is 29.3 Å². The van der Waals surface area contributed by atoms with Crippen molar-refractivity contribution < 1.29 is 9.84 Å². The number of hydrogen-bond acceptors (Lipinski definition) is 8. The number of aliphatic hydroxyl groups excluding tert-OH is 1. The average molecular weight is 295 g/mol. The highest BCUT2D eigenvalue weighted by Gasteiger charge is 2.10. The lowest BCUT2D eigenvalue weighted by Crippen LogP contribution is -2.15. The van der Waals surface area contributed by atoms with Crippen LogP contribution >= 0.6 is 11.3 Å². The number of thiophene rings is 1. The number of aliphatic hydroxyl groups is 1. The summed E-state index contributed by atoms with van der Waals surface area (Å²) in [6.45, 7) is 2.65. The van der Waals surface area contributed by atoms with Gasteiger partial charge in [0.1, 0.15) is 0 Å². The van der Waals surface area contributed by atoms with E-state index in [1.165, 1.54) is 0 Å². The maximum Gasteiger partial charge on any atom is 0.323 e. The maximum absolute atomic E-state index is 10.00. The van der Waals surface area contributed by atoms with Gasteiger partial charge in [0.05, 0.1) is 12.7 Å². The lowest BCUT2D eigenvalue weighted by molar-refractivity contribution is 0.192. The Morgan fingerprint density at radius 1 is 1.35 bits per heavy atom. The lowest BCUT2D eigenvalue weighted by atomic mass is 10.2. The van der Waals surface area contributed by atoms with Gasteiger partial charge in [0.25, 0.3) is 0 Å². The van der Waals surface area contributed by atoms with E-state index >= 15 is 0 Å². The molecule has 7 nitrogen and oxygen atoms in total. The van der Waals surface area contributed by atoms with E-state index in [9.17, 15) is 5.11 Å². The van der Waals surface area contributed by atoms with Gasteiger partial charge >= 0.3 is 6.01 Å². The van der Waals surface area contributed by atoms with Crippen LogP contribution in [0.15, 0.2) is 16.8 Å². The zero-order valence-electron chi connectivity index (χ0n) is 11.3. The van der Waals surface area contributed by atoms with Gasteiger partial charge in [-0.1, -0.05) is 0 Å². The highest BCUT2D eigenvalue weighted by Crippen LogP contribution is 2.17. The molecule has 2 heterocycles. The molecule has 1 atom stereocenters. The van der Waals surface area contributed by atoms with E-state index in [4.69, 9.17) is 4.74 Å². The lowest BCUT2D eigenvalue weighted by Gasteiger charge is -2.11. The highest BCUT2D eigenvalue weighted by molar-refractivity contribution is 7.07. The molecule has 8 heteroatoms. The van der Waals surface area contributed by atoms with Gasteiger partial charge in [0, 0.05) is 13.6 Å². The standard InChI is InChI=1S/C12H17N5O2S/c1-3-19-12-16-10(13-2)15-11(17-12)14-6-9(18)8-4-5-20-7-8/h4-5,7,9,18H,3,6H2,1-2H3,(H2,13,14,15,16,17). The van der Waals surface area contributed by atoms with Gasteiger partial charge in [0.15, 0.2) is 0 Å². The van der Waals surface area contributed by atoms with Crippen LogP contribution in [-0.2, 0) is 0 Å². The molecule has 0 bridgehead atoms.